The van der Waals surface area contributed by atoms with Crippen molar-refractivity contribution in [2.75, 3.05) is 5.32 Å². The van der Waals surface area contributed by atoms with Crippen molar-refractivity contribution in [2.45, 2.75) is 19.3 Å². The minimum atomic E-state index is -0.0443. The Morgan fingerprint density at radius 3 is 2.21 bits per heavy atom. The minimum absolute atomic E-state index is 0.0443. The molecule has 8 rings (SSSR count). The lowest BCUT2D eigenvalue weighted by atomic mass is 9.82. The fraction of sp³-hybridized carbons (Fsp3) is 0.0811. The first-order chi connectivity index (χ1) is 19.1. The molecule has 6 aromatic carbocycles. The van der Waals surface area contributed by atoms with Crippen LogP contribution in [0.3, 0.4) is 0 Å². The Labute approximate surface area is 227 Å². The summed E-state index contributed by atoms with van der Waals surface area (Å²) in [5.74, 6) is 0. The highest BCUT2D eigenvalue weighted by Gasteiger charge is 2.35. The number of benzene rings is 6. The molecule has 0 unspecified atom stereocenters. The average Bonchev–Trinajstić information content (AvgIpc) is 3.48. The van der Waals surface area contributed by atoms with Gasteiger partial charge in [-0.2, -0.15) is 0 Å². The molecule has 39 heavy (non-hydrogen) atoms. The Kier molecular flexibility index (Phi) is 4.60. The van der Waals surface area contributed by atoms with Crippen LogP contribution in [0.2, 0.25) is 0 Å². The molecular weight excluding hydrogens is 474 g/mol. The maximum absolute atomic E-state index is 6.74. The molecule has 0 aliphatic heterocycles. The summed E-state index contributed by atoms with van der Waals surface area (Å²) in [5.41, 5.74) is 11.6. The highest BCUT2D eigenvalue weighted by Crippen LogP contribution is 2.50. The Bertz CT molecular complexity index is 2060. The Morgan fingerprint density at radius 1 is 0.564 bits per heavy atom. The highest BCUT2D eigenvalue weighted by atomic mass is 16.3. The van der Waals surface area contributed by atoms with Crippen LogP contribution in [-0.2, 0) is 5.41 Å². The predicted molar refractivity (Wildman–Crippen MR) is 164 cm³/mol. The first kappa shape index (κ1) is 22.2. The summed E-state index contributed by atoms with van der Waals surface area (Å²) in [5, 5.41) is 8.33. The molecule has 0 spiro atoms. The van der Waals surface area contributed by atoms with Crippen LogP contribution in [0, 0.1) is 0 Å². The minimum Gasteiger partial charge on any atom is -0.455 e. The number of furan rings is 1. The average molecular weight is 502 g/mol. The lowest BCUT2D eigenvalue weighted by molar-refractivity contribution is 0.660. The maximum Gasteiger partial charge on any atom is 0.145 e. The van der Waals surface area contributed by atoms with Crippen LogP contribution in [-0.4, -0.2) is 0 Å². The maximum atomic E-state index is 6.74. The molecule has 0 bridgehead atoms. The number of anilines is 2. The van der Waals surface area contributed by atoms with Crippen molar-refractivity contribution in [1.82, 2.24) is 0 Å². The van der Waals surface area contributed by atoms with Gasteiger partial charge in [-0.15, -0.1) is 0 Å². The largest absolute Gasteiger partial charge is 0.455 e. The zero-order chi connectivity index (χ0) is 26.1. The van der Waals surface area contributed by atoms with E-state index in [9.17, 15) is 0 Å². The van der Waals surface area contributed by atoms with Gasteiger partial charge in [0.05, 0.1) is 11.1 Å². The first-order valence-electron chi connectivity index (χ1n) is 13.5. The van der Waals surface area contributed by atoms with Crippen molar-refractivity contribution < 1.29 is 4.42 Å². The number of fused-ring (bicyclic) bond motifs is 8. The van der Waals surface area contributed by atoms with E-state index in [2.05, 4.69) is 140 Å². The van der Waals surface area contributed by atoms with E-state index in [-0.39, 0.29) is 5.41 Å². The van der Waals surface area contributed by atoms with Gasteiger partial charge in [0, 0.05) is 27.4 Å². The van der Waals surface area contributed by atoms with Gasteiger partial charge in [0.1, 0.15) is 11.2 Å². The third kappa shape index (κ3) is 3.21. The summed E-state index contributed by atoms with van der Waals surface area (Å²) in [4.78, 5) is 0. The molecule has 1 aromatic heterocycles. The molecule has 186 valence electrons. The molecule has 0 atom stereocenters. The zero-order valence-corrected chi connectivity index (χ0v) is 22.0. The van der Waals surface area contributed by atoms with Crippen LogP contribution >= 0.6 is 0 Å². The molecular formula is C37H27NO. The van der Waals surface area contributed by atoms with E-state index < -0.39 is 0 Å². The molecule has 0 fully saturated rings. The fourth-order valence-corrected chi connectivity index (χ4v) is 6.49. The van der Waals surface area contributed by atoms with E-state index in [1.165, 1.54) is 27.6 Å². The van der Waals surface area contributed by atoms with Gasteiger partial charge < -0.3 is 9.73 Å². The molecule has 7 aromatic rings. The van der Waals surface area contributed by atoms with Gasteiger partial charge in [-0.05, 0) is 63.5 Å². The third-order valence-electron chi connectivity index (χ3n) is 8.46. The second-order valence-electron chi connectivity index (χ2n) is 11.1. The standard InChI is InChI=1S/C37H27NO/c1-37(2)31-15-9-8-14-28(31)29-19-17-25(22-32(29)37)38-33-21-20-27(23-10-4-3-5-11-23)36-34(33)30-18-16-24-12-6-7-13-26(24)35(30)39-36/h3-22,38H,1-2H3. The zero-order valence-electron chi connectivity index (χ0n) is 22.0. The lowest BCUT2D eigenvalue weighted by Gasteiger charge is -2.22. The normalized spacial score (nSPS) is 13.6. The van der Waals surface area contributed by atoms with Gasteiger partial charge in [0.15, 0.2) is 0 Å². The molecule has 1 heterocycles. The summed E-state index contributed by atoms with van der Waals surface area (Å²) >= 11 is 0. The molecule has 1 aliphatic carbocycles. The Morgan fingerprint density at radius 2 is 1.31 bits per heavy atom. The van der Waals surface area contributed by atoms with E-state index in [1.807, 2.05) is 0 Å². The van der Waals surface area contributed by atoms with Crippen LogP contribution in [0.1, 0.15) is 25.0 Å². The van der Waals surface area contributed by atoms with Crippen LogP contribution in [0.15, 0.2) is 126 Å². The van der Waals surface area contributed by atoms with Crippen molar-refractivity contribution in [2.24, 2.45) is 0 Å². The molecule has 0 saturated carbocycles. The van der Waals surface area contributed by atoms with Gasteiger partial charge in [-0.25, -0.2) is 0 Å². The van der Waals surface area contributed by atoms with Gasteiger partial charge in [0.25, 0.3) is 0 Å². The molecule has 0 saturated heterocycles. The topological polar surface area (TPSA) is 25.2 Å². The summed E-state index contributed by atoms with van der Waals surface area (Å²) in [6, 6.07) is 43.3. The number of nitrogens with one attached hydrogen (secondary N) is 1. The first-order valence-corrected chi connectivity index (χ1v) is 13.5. The van der Waals surface area contributed by atoms with Crippen LogP contribution in [0.5, 0.6) is 0 Å². The molecule has 2 nitrogen and oxygen atoms in total. The Hall–Kier alpha value is -4.82. The van der Waals surface area contributed by atoms with Gasteiger partial charge in [-0.1, -0.05) is 105 Å². The van der Waals surface area contributed by atoms with E-state index in [0.29, 0.717) is 0 Å². The lowest BCUT2D eigenvalue weighted by Crippen LogP contribution is -2.15. The smallest absolute Gasteiger partial charge is 0.145 e. The van der Waals surface area contributed by atoms with Gasteiger partial charge >= 0.3 is 0 Å². The summed E-state index contributed by atoms with van der Waals surface area (Å²) < 4.78 is 6.74. The van der Waals surface area contributed by atoms with Crippen molar-refractivity contribution in [1.29, 1.82) is 0 Å². The second-order valence-corrected chi connectivity index (χ2v) is 11.1. The van der Waals surface area contributed by atoms with Gasteiger partial charge in [0.2, 0.25) is 0 Å². The van der Waals surface area contributed by atoms with Crippen LogP contribution in [0.4, 0.5) is 11.4 Å². The molecule has 2 heteroatoms. The summed E-state index contributed by atoms with van der Waals surface area (Å²) in [6.45, 7) is 4.64. The Balaban J connectivity index is 1.34. The van der Waals surface area contributed by atoms with Crippen molar-refractivity contribution in [3.05, 3.63) is 132 Å². The summed E-state index contributed by atoms with van der Waals surface area (Å²) in [7, 11) is 0. The van der Waals surface area contributed by atoms with E-state index in [0.717, 1.165) is 49.8 Å². The molecule has 0 radical (unpaired) electrons. The van der Waals surface area contributed by atoms with Crippen molar-refractivity contribution in [3.8, 4) is 22.3 Å². The van der Waals surface area contributed by atoms with Crippen LogP contribution < -0.4 is 5.32 Å². The SMILES string of the molecule is CC1(C)c2ccccc2-c2ccc(Nc3ccc(-c4ccccc4)c4oc5c6ccccc6ccc5c34)cc21. The summed E-state index contributed by atoms with van der Waals surface area (Å²) in [6.07, 6.45) is 0. The monoisotopic (exact) mass is 501 g/mol. The fourth-order valence-electron chi connectivity index (χ4n) is 6.49. The quantitative estimate of drug-likeness (QED) is 0.260. The van der Waals surface area contributed by atoms with E-state index in [4.69, 9.17) is 4.42 Å². The number of rotatable bonds is 3. The molecule has 1 aliphatic rings. The third-order valence-corrected chi connectivity index (χ3v) is 8.46. The van der Waals surface area contributed by atoms with Crippen molar-refractivity contribution in [3.63, 3.8) is 0 Å². The predicted octanol–water partition coefficient (Wildman–Crippen LogP) is 10.5. The van der Waals surface area contributed by atoms with Gasteiger partial charge in [-0.3, -0.25) is 0 Å². The number of hydrogen-bond acceptors (Lipinski definition) is 2. The van der Waals surface area contributed by atoms with E-state index >= 15 is 0 Å². The van der Waals surface area contributed by atoms with E-state index in [1.54, 1.807) is 0 Å². The highest BCUT2D eigenvalue weighted by molar-refractivity contribution is 6.21. The second kappa shape index (κ2) is 8.09. The van der Waals surface area contributed by atoms with Crippen LogP contribution in [0.25, 0.3) is 55.0 Å². The number of hydrogen-bond donors (Lipinski definition) is 1. The van der Waals surface area contributed by atoms with Crippen molar-refractivity contribution >= 4 is 44.1 Å². The molecule has 1 N–H and O–H groups in total. The molecule has 0 amide bonds.